The Morgan fingerprint density at radius 2 is 1.80 bits per heavy atom. The van der Waals surface area contributed by atoms with Crippen molar-refractivity contribution < 1.29 is 36.6 Å². The Morgan fingerprint density at radius 3 is 2.47 bits per heavy atom. The van der Waals surface area contributed by atoms with Gasteiger partial charge in [0.2, 0.25) is 5.88 Å². The summed E-state index contributed by atoms with van der Waals surface area (Å²) in [5.74, 6) is -2.10. The zero-order valence-corrected chi connectivity index (χ0v) is 31.0. The third-order valence-electron chi connectivity index (χ3n) is 7.64. The lowest BCUT2D eigenvalue weighted by Gasteiger charge is -2.31. The molecule has 3 aromatic rings. The Balaban J connectivity index is 0.00000226. The van der Waals surface area contributed by atoms with Crippen LogP contribution in [0.3, 0.4) is 0 Å². The van der Waals surface area contributed by atoms with Crippen LogP contribution < -0.4 is 14.4 Å². The van der Waals surface area contributed by atoms with Gasteiger partial charge in [-0.1, -0.05) is 63.2 Å². The van der Waals surface area contributed by atoms with Crippen molar-refractivity contribution in [2.24, 2.45) is 15.8 Å². The third-order valence-corrected chi connectivity index (χ3v) is 9.54. The Hall–Kier alpha value is -3.63. The van der Waals surface area contributed by atoms with Crippen LogP contribution in [0.15, 0.2) is 64.7 Å². The molecule has 1 aliphatic heterocycles. The van der Waals surface area contributed by atoms with Crippen molar-refractivity contribution in [2.45, 2.75) is 77.3 Å². The number of anilines is 1. The number of aromatic nitrogens is 3. The monoisotopic (exact) mass is 756 g/mol. The van der Waals surface area contributed by atoms with Crippen LogP contribution in [0.4, 0.5) is 27.8 Å². The minimum absolute atomic E-state index is 0.000960. The van der Waals surface area contributed by atoms with E-state index < -0.39 is 24.1 Å². The smallest absolute Gasteiger partial charge is 0.397 e. The Bertz CT molecular complexity index is 1630. The highest BCUT2D eigenvalue weighted by Gasteiger charge is 2.48. The number of hydrogen-bond acceptors (Lipinski definition) is 9. The highest BCUT2D eigenvalue weighted by molar-refractivity contribution is 8.08. The first-order valence-electron chi connectivity index (χ1n) is 16.2. The molecule has 0 aliphatic carbocycles. The topological polar surface area (TPSA) is 105 Å². The molecule has 16 heteroatoms. The maximum Gasteiger partial charge on any atom is 0.397 e. The summed E-state index contributed by atoms with van der Waals surface area (Å²) in [6.07, 6.45) is 0.0870. The van der Waals surface area contributed by atoms with Crippen LogP contribution in [0, 0.1) is 10.8 Å². The summed E-state index contributed by atoms with van der Waals surface area (Å²) < 4.78 is 82.3. The lowest BCUT2D eigenvalue weighted by Crippen LogP contribution is -2.37. The number of carbonyl (C=O) groups is 1. The molecule has 280 valence electrons. The van der Waals surface area contributed by atoms with Crippen LogP contribution in [0.1, 0.15) is 71.4 Å². The first-order chi connectivity index (χ1) is 23.9. The van der Waals surface area contributed by atoms with Crippen molar-refractivity contribution in [2.75, 3.05) is 30.5 Å². The van der Waals surface area contributed by atoms with Gasteiger partial charge in [0, 0.05) is 54.0 Å². The molecule has 51 heavy (non-hydrogen) atoms. The number of pyridine rings is 1. The van der Waals surface area contributed by atoms with Gasteiger partial charge in [0.1, 0.15) is 23.2 Å². The van der Waals surface area contributed by atoms with Crippen LogP contribution in [0.25, 0.3) is 10.7 Å². The van der Waals surface area contributed by atoms with Gasteiger partial charge in [0.05, 0.1) is 11.3 Å². The van der Waals surface area contributed by atoms with E-state index in [-0.39, 0.29) is 46.9 Å². The lowest BCUT2D eigenvalue weighted by atomic mass is 9.94. The standard InChI is InChI=1S/C34H43F5N6OS2.CH2O2/c1-31(2,3)21-44-18-11-7-10-16-33(35,36)26-13-9-8-12-25(26)29(40-6)30(47-23-42-48-24-14-17-41-27(44)20-24)45-19-15-28(43-45)46-22-32(4,5)34(37,38)39;2-1-3/h8-9,12-15,17,19-20,42H,6-7,10-11,16,18,21-23H2,1-5H3;1H,(H,2,3)/b30-29-;. The number of fused-ring (bicyclic) bond motifs is 3. The van der Waals surface area contributed by atoms with Gasteiger partial charge in [-0.25, -0.2) is 23.2 Å². The second-order valence-electron chi connectivity index (χ2n) is 13.6. The number of nitrogens with zero attached hydrogens (tertiary/aromatic N) is 5. The van der Waals surface area contributed by atoms with Gasteiger partial charge in [0.15, 0.2) is 0 Å². The molecule has 0 saturated heterocycles. The minimum Gasteiger partial charge on any atom is -0.483 e. The average molecular weight is 757 g/mol. The number of thioether (sulfide) groups is 1. The number of halogens is 5. The van der Waals surface area contributed by atoms with E-state index in [1.165, 1.54) is 46.7 Å². The number of aliphatic imine (C=N–C) groups is 1. The number of carboxylic acid groups (broad SMARTS) is 1. The van der Waals surface area contributed by atoms with Crippen molar-refractivity contribution in [1.82, 2.24) is 19.5 Å². The van der Waals surface area contributed by atoms with Gasteiger partial charge in [0.25, 0.3) is 12.4 Å². The zero-order chi connectivity index (χ0) is 37.9. The third kappa shape index (κ3) is 12.2. The predicted octanol–water partition coefficient (Wildman–Crippen LogP) is 9.44. The summed E-state index contributed by atoms with van der Waals surface area (Å²) >= 11 is 2.63. The second kappa shape index (κ2) is 18.2. The van der Waals surface area contributed by atoms with Gasteiger partial charge < -0.3 is 14.7 Å². The summed E-state index contributed by atoms with van der Waals surface area (Å²) in [7, 11) is 0. The molecular weight excluding hydrogens is 712 g/mol. The first kappa shape index (κ1) is 41.8. The van der Waals surface area contributed by atoms with Crippen molar-refractivity contribution in [3.05, 3.63) is 66.0 Å². The van der Waals surface area contributed by atoms with Crippen LogP contribution in [0.2, 0.25) is 0 Å². The van der Waals surface area contributed by atoms with Gasteiger partial charge >= 0.3 is 6.18 Å². The van der Waals surface area contributed by atoms with Gasteiger partial charge in [-0.2, -0.15) is 13.2 Å². The molecule has 3 heterocycles. The van der Waals surface area contributed by atoms with Crippen LogP contribution in [-0.4, -0.2) is 64.8 Å². The fraction of sp³-hybridized carbons (Fsp3) is 0.486. The van der Waals surface area contributed by atoms with Crippen LogP contribution in [-0.2, 0) is 10.7 Å². The van der Waals surface area contributed by atoms with Gasteiger partial charge in [-0.3, -0.25) is 9.79 Å². The van der Waals surface area contributed by atoms with E-state index in [2.05, 4.69) is 52.2 Å². The largest absolute Gasteiger partial charge is 0.483 e. The summed E-state index contributed by atoms with van der Waals surface area (Å²) in [5.41, 5.74) is -1.93. The summed E-state index contributed by atoms with van der Waals surface area (Å²) in [4.78, 5) is 20.3. The zero-order valence-electron chi connectivity index (χ0n) is 29.3. The molecule has 0 atom stereocenters. The number of hydrogen-bond donors (Lipinski definition) is 2. The SMILES string of the molecule is C=N/C1=C(/n2ccc(OCC(C)(C)C(F)(F)F)n2)SCNSc2ccnc(c2)N(CC(C)(C)C)CCCCCC(F)(F)c2ccccc21.O=CO. The maximum atomic E-state index is 16.0. The molecule has 4 rings (SSSR count). The molecule has 2 aromatic heterocycles. The van der Waals surface area contributed by atoms with E-state index in [1.807, 2.05) is 12.1 Å². The average Bonchev–Trinajstić information content (AvgIpc) is 3.52. The minimum atomic E-state index is -4.48. The van der Waals surface area contributed by atoms with E-state index in [4.69, 9.17) is 14.6 Å². The van der Waals surface area contributed by atoms with Gasteiger partial charge in [-0.15, -0.1) is 5.10 Å². The number of benzene rings is 1. The fourth-order valence-electron chi connectivity index (χ4n) is 5.01. The Kier molecular flexibility index (Phi) is 14.9. The van der Waals surface area contributed by atoms with Crippen molar-refractivity contribution in [3.63, 3.8) is 0 Å². The van der Waals surface area contributed by atoms with Crippen molar-refractivity contribution >= 4 is 53.4 Å². The predicted molar refractivity (Wildman–Crippen MR) is 195 cm³/mol. The van der Waals surface area contributed by atoms with Crippen LogP contribution in [0.5, 0.6) is 5.88 Å². The lowest BCUT2D eigenvalue weighted by molar-refractivity contribution is -0.219. The number of alkyl halides is 5. The van der Waals surface area contributed by atoms with Crippen LogP contribution >= 0.6 is 23.7 Å². The molecule has 0 radical (unpaired) electrons. The molecule has 2 N–H and O–H groups in total. The van der Waals surface area contributed by atoms with E-state index in [0.29, 0.717) is 24.4 Å². The molecule has 0 unspecified atom stereocenters. The maximum absolute atomic E-state index is 16.0. The molecule has 1 aromatic carbocycles. The summed E-state index contributed by atoms with van der Waals surface area (Å²) in [6, 6.07) is 11.5. The van der Waals surface area contributed by atoms with Gasteiger partial charge in [-0.05, 0) is 62.9 Å². The molecule has 0 saturated carbocycles. The summed E-state index contributed by atoms with van der Waals surface area (Å²) in [5, 5.41) is 11.6. The number of ether oxygens (including phenoxy) is 1. The van der Waals surface area contributed by atoms with E-state index in [0.717, 1.165) is 37.5 Å². The number of rotatable bonds is 6. The second-order valence-corrected chi connectivity index (χ2v) is 15.5. The van der Waals surface area contributed by atoms with Crippen molar-refractivity contribution in [1.29, 1.82) is 0 Å². The Morgan fingerprint density at radius 1 is 1.10 bits per heavy atom. The molecule has 1 aliphatic rings. The Labute approximate surface area is 304 Å². The fourth-order valence-corrected chi connectivity index (χ4v) is 6.62. The summed E-state index contributed by atoms with van der Waals surface area (Å²) in [6.45, 7) is 12.8. The number of nitrogens with one attached hydrogen (secondary N) is 1. The van der Waals surface area contributed by atoms with E-state index in [1.54, 1.807) is 24.4 Å². The molecular formula is C35H45F5N6O3S2. The molecule has 9 nitrogen and oxygen atoms in total. The molecule has 0 spiro atoms. The van der Waals surface area contributed by atoms with E-state index >= 15 is 8.78 Å². The molecule has 0 amide bonds. The van der Waals surface area contributed by atoms with E-state index in [9.17, 15) is 13.2 Å². The normalized spacial score (nSPS) is 18.0. The highest BCUT2D eigenvalue weighted by atomic mass is 32.2. The highest BCUT2D eigenvalue weighted by Crippen LogP contribution is 2.42. The van der Waals surface area contributed by atoms with Crippen molar-refractivity contribution in [3.8, 4) is 5.88 Å². The first-order valence-corrected chi connectivity index (χ1v) is 18.0. The molecule has 2 bridgehead atoms. The molecule has 0 fully saturated rings. The quantitative estimate of drug-likeness (QED) is 0.110.